The number of hydrogen-bond acceptors (Lipinski definition) is 7. The lowest BCUT2D eigenvalue weighted by Gasteiger charge is -2.23. The number of nitrogens with two attached hydrogens (primary N) is 1. The van der Waals surface area contributed by atoms with Crippen molar-refractivity contribution in [3.63, 3.8) is 0 Å². The molecule has 0 aromatic heterocycles. The minimum Gasteiger partial charge on any atom is -0.398 e. The molecule has 2 N–H and O–H groups in total. The fraction of sp³-hybridized carbons (Fsp3) is 0.0500. The van der Waals surface area contributed by atoms with Crippen LogP contribution >= 0.6 is 23.5 Å². The van der Waals surface area contributed by atoms with E-state index in [0.717, 1.165) is 37.2 Å². The molecule has 10 heteroatoms. The predicted molar refractivity (Wildman–Crippen MR) is 199 cm³/mol. The van der Waals surface area contributed by atoms with E-state index < -0.39 is 4.92 Å². The van der Waals surface area contributed by atoms with Crippen molar-refractivity contribution in [3.8, 4) is 0 Å². The van der Waals surface area contributed by atoms with Gasteiger partial charge in [-0.3, -0.25) is 19.7 Å². The van der Waals surface area contributed by atoms with Crippen LogP contribution < -0.4 is 15.5 Å². The maximum atomic E-state index is 13.3. The zero-order valence-electron chi connectivity index (χ0n) is 26.6. The van der Waals surface area contributed by atoms with Crippen LogP contribution in [0.3, 0.4) is 0 Å². The lowest BCUT2D eigenvalue weighted by molar-refractivity contribution is -0.387. The molecule has 0 bridgehead atoms. The van der Waals surface area contributed by atoms with Gasteiger partial charge in [-0.25, -0.2) is 0 Å². The van der Waals surface area contributed by atoms with E-state index in [4.69, 9.17) is 5.73 Å². The SMILES string of the molecule is Nc1cccc2c1Sc1ccccc1N(Cc1ccccc1)C2=O.O=C1c2cccc([N+](=O)[O-])c2Sc2ccccc2N1Cc1ccccc1. The van der Waals surface area contributed by atoms with Gasteiger partial charge in [0, 0.05) is 26.4 Å². The van der Waals surface area contributed by atoms with Gasteiger partial charge in [-0.05, 0) is 53.6 Å². The molecule has 6 aromatic carbocycles. The Morgan fingerprint density at radius 2 is 0.980 bits per heavy atom. The van der Waals surface area contributed by atoms with Gasteiger partial charge < -0.3 is 15.5 Å². The third kappa shape index (κ3) is 6.58. The van der Waals surface area contributed by atoms with Crippen LogP contribution in [0.2, 0.25) is 0 Å². The molecule has 2 amide bonds. The van der Waals surface area contributed by atoms with Gasteiger partial charge in [-0.2, -0.15) is 0 Å². The largest absolute Gasteiger partial charge is 0.398 e. The molecule has 50 heavy (non-hydrogen) atoms. The van der Waals surface area contributed by atoms with Crippen molar-refractivity contribution in [2.75, 3.05) is 15.5 Å². The quantitative estimate of drug-likeness (QED) is 0.109. The van der Waals surface area contributed by atoms with Crippen molar-refractivity contribution >= 4 is 58.1 Å². The number of fused-ring (bicyclic) bond motifs is 4. The molecule has 8 rings (SSSR count). The van der Waals surface area contributed by atoms with Crippen LogP contribution in [-0.4, -0.2) is 16.7 Å². The van der Waals surface area contributed by atoms with Crippen LogP contribution in [0.5, 0.6) is 0 Å². The number of carbonyl (C=O) groups is 2. The van der Waals surface area contributed by atoms with E-state index in [9.17, 15) is 19.7 Å². The van der Waals surface area contributed by atoms with Crippen molar-refractivity contribution in [2.45, 2.75) is 32.7 Å². The predicted octanol–water partition coefficient (Wildman–Crippen LogP) is 9.49. The first-order valence-corrected chi connectivity index (χ1v) is 17.4. The maximum absolute atomic E-state index is 13.3. The Bertz CT molecular complexity index is 2230. The fourth-order valence-electron chi connectivity index (χ4n) is 5.89. The molecule has 246 valence electrons. The lowest BCUT2D eigenvalue weighted by atomic mass is 10.1. The van der Waals surface area contributed by atoms with Gasteiger partial charge in [-0.1, -0.05) is 121 Å². The van der Waals surface area contributed by atoms with Crippen LogP contribution in [0.1, 0.15) is 31.8 Å². The average Bonchev–Trinajstić information content (AvgIpc) is 3.34. The van der Waals surface area contributed by atoms with Crippen molar-refractivity contribution in [3.05, 3.63) is 178 Å². The number of benzene rings is 6. The minimum absolute atomic E-state index is 0.0152. The fourth-order valence-corrected chi connectivity index (χ4v) is 8.15. The van der Waals surface area contributed by atoms with E-state index in [0.29, 0.717) is 34.8 Å². The molecule has 0 radical (unpaired) electrons. The van der Waals surface area contributed by atoms with E-state index in [2.05, 4.69) is 0 Å². The number of anilines is 3. The molecule has 2 aliphatic heterocycles. The zero-order valence-corrected chi connectivity index (χ0v) is 28.3. The number of rotatable bonds is 5. The first-order chi connectivity index (χ1) is 24.4. The van der Waals surface area contributed by atoms with Crippen molar-refractivity contribution in [2.24, 2.45) is 0 Å². The van der Waals surface area contributed by atoms with Crippen molar-refractivity contribution in [1.82, 2.24) is 0 Å². The van der Waals surface area contributed by atoms with Crippen LogP contribution in [-0.2, 0) is 13.1 Å². The Morgan fingerprint density at radius 3 is 1.50 bits per heavy atom. The van der Waals surface area contributed by atoms with E-state index in [-0.39, 0.29) is 17.5 Å². The van der Waals surface area contributed by atoms with Crippen LogP contribution in [0, 0.1) is 10.1 Å². The lowest BCUT2D eigenvalue weighted by Crippen LogP contribution is -2.30. The number of nitro benzene ring substituents is 1. The smallest absolute Gasteiger partial charge is 0.284 e. The molecule has 0 saturated heterocycles. The Morgan fingerprint density at radius 1 is 0.540 bits per heavy atom. The number of amides is 2. The summed E-state index contributed by atoms with van der Waals surface area (Å²) in [5, 5.41) is 11.4. The standard InChI is InChI=1S/C20H14N2O3S.C20H16N2OS/c23-20-15-9-6-11-17(22(24)25)19(15)26-18-12-5-4-10-16(18)21(20)13-14-7-2-1-3-8-14;21-16-10-6-9-15-19(16)24-18-12-5-4-11-17(18)22(20(15)23)13-14-7-2-1-3-8-14/h1-12H,13H2;1-12H,13,21H2. The first-order valence-electron chi connectivity index (χ1n) is 15.8. The third-order valence-electron chi connectivity index (χ3n) is 8.29. The zero-order chi connectivity index (χ0) is 34.6. The summed E-state index contributed by atoms with van der Waals surface area (Å²) < 4.78 is 0. The van der Waals surface area contributed by atoms with Crippen LogP contribution in [0.25, 0.3) is 0 Å². The van der Waals surface area contributed by atoms with Crippen molar-refractivity contribution < 1.29 is 14.5 Å². The second-order valence-electron chi connectivity index (χ2n) is 11.5. The van der Waals surface area contributed by atoms with Gasteiger partial charge in [0.1, 0.15) is 4.90 Å². The summed E-state index contributed by atoms with van der Waals surface area (Å²) in [4.78, 5) is 44.1. The second kappa shape index (κ2) is 14.3. The topological polar surface area (TPSA) is 110 Å². The average molecular weight is 695 g/mol. The normalized spacial score (nSPS) is 13.0. The van der Waals surface area contributed by atoms with Gasteiger partial charge in [0.05, 0.1) is 40.5 Å². The van der Waals surface area contributed by atoms with Gasteiger partial charge in [0.25, 0.3) is 17.5 Å². The summed E-state index contributed by atoms with van der Waals surface area (Å²) in [5.41, 5.74) is 11.5. The van der Waals surface area contributed by atoms with E-state index in [1.807, 2.05) is 132 Å². The number of nitrogen functional groups attached to an aromatic ring is 1. The summed E-state index contributed by atoms with van der Waals surface area (Å²) in [6.07, 6.45) is 0. The highest BCUT2D eigenvalue weighted by molar-refractivity contribution is 8.00. The molecular weight excluding hydrogens is 665 g/mol. The number of carbonyl (C=O) groups excluding carboxylic acids is 2. The molecule has 2 aliphatic rings. The van der Waals surface area contributed by atoms with E-state index >= 15 is 0 Å². The molecule has 0 atom stereocenters. The number of hydrogen-bond donors (Lipinski definition) is 1. The van der Waals surface area contributed by atoms with Crippen LogP contribution in [0.15, 0.2) is 165 Å². The number of nitrogens with zero attached hydrogens (tertiary/aromatic N) is 3. The summed E-state index contributed by atoms with van der Waals surface area (Å²) in [5.74, 6) is -0.247. The summed E-state index contributed by atoms with van der Waals surface area (Å²) in [7, 11) is 0. The Balaban J connectivity index is 0.000000157. The number of nitro groups is 1. The minimum atomic E-state index is -0.436. The third-order valence-corrected chi connectivity index (χ3v) is 10.7. The molecule has 6 aromatic rings. The van der Waals surface area contributed by atoms with E-state index in [1.54, 1.807) is 28.8 Å². The molecule has 0 fully saturated rings. The highest BCUT2D eigenvalue weighted by Crippen LogP contribution is 2.46. The second-order valence-corrected chi connectivity index (χ2v) is 13.6. The molecule has 8 nitrogen and oxygen atoms in total. The Kier molecular flexibility index (Phi) is 9.37. The number of para-hydroxylation sites is 2. The summed E-state index contributed by atoms with van der Waals surface area (Å²) >= 11 is 2.83. The molecule has 0 spiro atoms. The maximum Gasteiger partial charge on any atom is 0.284 e. The molecule has 0 unspecified atom stereocenters. The highest BCUT2D eigenvalue weighted by Gasteiger charge is 2.32. The monoisotopic (exact) mass is 694 g/mol. The summed E-state index contributed by atoms with van der Waals surface area (Å²) in [6.45, 7) is 0.935. The van der Waals surface area contributed by atoms with Gasteiger partial charge in [0.2, 0.25) is 0 Å². The first kappa shape index (κ1) is 32.7. The van der Waals surface area contributed by atoms with Crippen molar-refractivity contribution in [1.29, 1.82) is 0 Å². The molecule has 0 saturated carbocycles. The Hall–Kier alpha value is -5.84. The van der Waals surface area contributed by atoms with Gasteiger partial charge >= 0.3 is 0 Å². The van der Waals surface area contributed by atoms with Gasteiger partial charge in [-0.15, -0.1) is 0 Å². The molecule has 2 heterocycles. The highest BCUT2D eigenvalue weighted by atomic mass is 32.2. The van der Waals surface area contributed by atoms with Crippen LogP contribution in [0.4, 0.5) is 22.7 Å². The van der Waals surface area contributed by atoms with E-state index in [1.165, 1.54) is 17.8 Å². The molecule has 0 aliphatic carbocycles. The van der Waals surface area contributed by atoms with Gasteiger partial charge in [0.15, 0.2) is 0 Å². The Labute approximate surface area is 297 Å². The summed E-state index contributed by atoms with van der Waals surface area (Å²) in [6, 6.07) is 45.4. The molecular formula is C40H30N4O4S2.